The van der Waals surface area contributed by atoms with Crippen LogP contribution in [0.15, 0.2) is 48.5 Å². The second-order valence-corrected chi connectivity index (χ2v) is 5.82. The summed E-state index contributed by atoms with van der Waals surface area (Å²) >= 11 is 0. The molecule has 0 saturated heterocycles. The normalized spacial score (nSPS) is 11.3. The molecule has 2 rings (SSSR count). The van der Waals surface area contributed by atoms with Crippen molar-refractivity contribution >= 4 is 5.84 Å². The van der Waals surface area contributed by atoms with E-state index >= 15 is 0 Å². The minimum atomic E-state index is 0.106. The first kappa shape index (κ1) is 13.3. The summed E-state index contributed by atoms with van der Waals surface area (Å²) in [6.45, 7) is 6.64. The van der Waals surface area contributed by atoms with E-state index in [-0.39, 0.29) is 11.3 Å². The van der Waals surface area contributed by atoms with Crippen LogP contribution in [0.1, 0.15) is 31.9 Å². The highest BCUT2D eigenvalue weighted by atomic mass is 14.7. The maximum atomic E-state index is 7.39. The third-order valence-corrected chi connectivity index (χ3v) is 3.28. The Hall–Kier alpha value is -2.09. The lowest BCUT2D eigenvalue weighted by Crippen LogP contribution is -2.10. The first-order valence-electron chi connectivity index (χ1n) is 6.43. The summed E-state index contributed by atoms with van der Waals surface area (Å²) < 4.78 is 0. The zero-order valence-corrected chi connectivity index (χ0v) is 11.7. The SMILES string of the molecule is CC(C)(C)c1ccc(-c2ccc(C(=N)N)cc2)cc1. The summed E-state index contributed by atoms with van der Waals surface area (Å²) in [7, 11) is 0. The van der Waals surface area contributed by atoms with Crippen LogP contribution < -0.4 is 5.73 Å². The van der Waals surface area contributed by atoms with E-state index in [0.717, 1.165) is 11.1 Å². The Morgan fingerprint density at radius 2 is 1.26 bits per heavy atom. The minimum Gasteiger partial charge on any atom is -0.384 e. The number of nitrogens with one attached hydrogen (secondary N) is 1. The van der Waals surface area contributed by atoms with Gasteiger partial charge in [-0.15, -0.1) is 0 Å². The van der Waals surface area contributed by atoms with Crippen molar-refractivity contribution in [3.8, 4) is 11.1 Å². The van der Waals surface area contributed by atoms with Crippen LogP contribution in [0.4, 0.5) is 0 Å². The number of rotatable bonds is 2. The lowest BCUT2D eigenvalue weighted by molar-refractivity contribution is 0.590. The van der Waals surface area contributed by atoms with Crippen LogP contribution in [-0.4, -0.2) is 5.84 Å². The highest BCUT2D eigenvalue weighted by Crippen LogP contribution is 2.26. The van der Waals surface area contributed by atoms with Gasteiger partial charge in [-0.05, 0) is 22.1 Å². The zero-order valence-electron chi connectivity index (χ0n) is 11.7. The Morgan fingerprint density at radius 1 is 0.842 bits per heavy atom. The van der Waals surface area contributed by atoms with Gasteiger partial charge < -0.3 is 5.73 Å². The molecule has 0 fully saturated rings. The highest BCUT2D eigenvalue weighted by Gasteiger charge is 2.12. The van der Waals surface area contributed by atoms with Gasteiger partial charge in [-0.25, -0.2) is 0 Å². The van der Waals surface area contributed by atoms with Crippen LogP contribution in [-0.2, 0) is 5.41 Å². The molecule has 0 aliphatic heterocycles. The molecule has 0 saturated carbocycles. The van der Waals surface area contributed by atoms with Crippen molar-refractivity contribution in [2.24, 2.45) is 5.73 Å². The summed E-state index contributed by atoms with van der Waals surface area (Å²) in [6.07, 6.45) is 0. The van der Waals surface area contributed by atoms with Gasteiger partial charge in [-0.3, -0.25) is 5.41 Å². The summed E-state index contributed by atoms with van der Waals surface area (Å²) in [5.74, 6) is 0.106. The van der Waals surface area contributed by atoms with Crippen molar-refractivity contribution in [3.05, 3.63) is 59.7 Å². The third-order valence-electron chi connectivity index (χ3n) is 3.28. The predicted octanol–water partition coefficient (Wildman–Crippen LogP) is 3.94. The van der Waals surface area contributed by atoms with Gasteiger partial charge in [-0.1, -0.05) is 69.3 Å². The number of hydrogen-bond donors (Lipinski definition) is 2. The molecule has 0 spiro atoms. The zero-order chi connectivity index (χ0) is 14.0. The van der Waals surface area contributed by atoms with E-state index in [1.807, 2.05) is 24.3 Å². The molecule has 2 aromatic rings. The van der Waals surface area contributed by atoms with Crippen LogP contribution in [0.3, 0.4) is 0 Å². The van der Waals surface area contributed by atoms with Crippen LogP contribution in [0, 0.1) is 5.41 Å². The van der Waals surface area contributed by atoms with E-state index < -0.39 is 0 Å². The first-order chi connectivity index (χ1) is 8.88. The van der Waals surface area contributed by atoms with Crippen LogP contribution >= 0.6 is 0 Å². The molecule has 19 heavy (non-hydrogen) atoms. The average molecular weight is 252 g/mol. The predicted molar refractivity (Wildman–Crippen MR) is 81.6 cm³/mol. The molecule has 0 radical (unpaired) electrons. The molecule has 0 aromatic heterocycles. The molecular weight excluding hydrogens is 232 g/mol. The summed E-state index contributed by atoms with van der Waals surface area (Å²) in [4.78, 5) is 0. The number of benzene rings is 2. The number of nitrogen functional groups attached to an aromatic ring is 1. The Labute approximate surface area is 114 Å². The standard InChI is InChI=1S/C17H20N2/c1-17(2,3)15-10-8-13(9-11-15)12-4-6-14(7-5-12)16(18)19/h4-11H,1-3H3,(H3,18,19). The van der Waals surface area contributed by atoms with Crippen molar-refractivity contribution in [2.75, 3.05) is 0 Å². The van der Waals surface area contributed by atoms with Crippen molar-refractivity contribution in [1.29, 1.82) is 5.41 Å². The van der Waals surface area contributed by atoms with Crippen molar-refractivity contribution in [3.63, 3.8) is 0 Å². The Morgan fingerprint density at radius 3 is 1.63 bits per heavy atom. The number of amidine groups is 1. The van der Waals surface area contributed by atoms with Gasteiger partial charge in [0.05, 0.1) is 0 Å². The average Bonchev–Trinajstić information content (AvgIpc) is 2.38. The molecule has 3 N–H and O–H groups in total. The fourth-order valence-electron chi connectivity index (χ4n) is 2.00. The van der Waals surface area contributed by atoms with E-state index in [9.17, 15) is 0 Å². The molecule has 98 valence electrons. The van der Waals surface area contributed by atoms with E-state index in [2.05, 4.69) is 45.0 Å². The molecule has 0 bridgehead atoms. The lowest BCUT2D eigenvalue weighted by atomic mass is 9.86. The Kier molecular flexibility index (Phi) is 3.43. The lowest BCUT2D eigenvalue weighted by Gasteiger charge is -2.19. The molecular formula is C17H20N2. The molecule has 0 heterocycles. The van der Waals surface area contributed by atoms with Gasteiger partial charge >= 0.3 is 0 Å². The van der Waals surface area contributed by atoms with E-state index in [1.54, 1.807) is 0 Å². The van der Waals surface area contributed by atoms with E-state index in [1.165, 1.54) is 11.1 Å². The summed E-state index contributed by atoms with van der Waals surface area (Å²) in [5, 5.41) is 7.39. The smallest absolute Gasteiger partial charge is 0.122 e. The Balaban J connectivity index is 2.30. The van der Waals surface area contributed by atoms with Gasteiger partial charge in [0, 0.05) is 5.56 Å². The molecule has 0 aliphatic rings. The summed E-state index contributed by atoms with van der Waals surface area (Å²) in [6, 6.07) is 16.4. The second-order valence-electron chi connectivity index (χ2n) is 5.82. The fourth-order valence-corrected chi connectivity index (χ4v) is 2.00. The van der Waals surface area contributed by atoms with Gasteiger partial charge in [0.1, 0.15) is 5.84 Å². The maximum absolute atomic E-state index is 7.39. The van der Waals surface area contributed by atoms with Crippen LogP contribution in [0.5, 0.6) is 0 Å². The van der Waals surface area contributed by atoms with Crippen LogP contribution in [0.25, 0.3) is 11.1 Å². The highest BCUT2D eigenvalue weighted by molar-refractivity contribution is 5.95. The fraction of sp³-hybridized carbons (Fsp3) is 0.235. The third kappa shape index (κ3) is 3.02. The van der Waals surface area contributed by atoms with E-state index in [0.29, 0.717) is 0 Å². The number of hydrogen-bond acceptors (Lipinski definition) is 1. The topological polar surface area (TPSA) is 49.9 Å². The van der Waals surface area contributed by atoms with Crippen molar-refractivity contribution in [2.45, 2.75) is 26.2 Å². The van der Waals surface area contributed by atoms with Gasteiger partial charge in [0.2, 0.25) is 0 Å². The molecule has 0 aliphatic carbocycles. The van der Waals surface area contributed by atoms with Gasteiger partial charge in [-0.2, -0.15) is 0 Å². The molecule has 2 nitrogen and oxygen atoms in total. The summed E-state index contributed by atoms with van der Waals surface area (Å²) in [5.41, 5.74) is 10.0. The Bertz CT molecular complexity index is 572. The van der Waals surface area contributed by atoms with Crippen LogP contribution in [0.2, 0.25) is 0 Å². The molecule has 0 amide bonds. The quantitative estimate of drug-likeness (QED) is 0.617. The van der Waals surface area contributed by atoms with Gasteiger partial charge in [0.15, 0.2) is 0 Å². The largest absolute Gasteiger partial charge is 0.384 e. The number of nitrogens with two attached hydrogens (primary N) is 1. The molecule has 2 aromatic carbocycles. The maximum Gasteiger partial charge on any atom is 0.122 e. The van der Waals surface area contributed by atoms with Crippen molar-refractivity contribution in [1.82, 2.24) is 0 Å². The second kappa shape index (κ2) is 4.88. The van der Waals surface area contributed by atoms with Crippen molar-refractivity contribution < 1.29 is 0 Å². The first-order valence-corrected chi connectivity index (χ1v) is 6.43. The van der Waals surface area contributed by atoms with E-state index in [4.69, 9.17) is 11.1 Å². The molecule has 0 atom stereocenters. The molecule has 0 unspecified atom stereocenters. The monoisotopic (exact) mass is 252 g/mol. The molecule has 2 heteroatoms. The minimum absolute atomic E-state index is 0.106. The van der Waals surface area contributed by atoms with Gasteiger partial charge in [0.25, 0.3) is 0 Å².